The Kier molecular flexibility index (Phi) is 3.72. The van der Waals surface area contributed by atoms with Crippen molar-refractivity contribution in [1.82, 2.24) is 0 Å². The van der Waals surface area contributed by atoms with Crippen LogP contribution in [0.15, 0.2) is 24.3 Å². The van der Waals surface area contributed by atoms with E-state index < -0.39 is 0 Å². The van der Waals surface area contributed by atoms with Crippen molar-refractivity contribution in [2.24, 2.45) is 5.92 Å². The molecule has 0 heterocycles. The highest BCUT2D eigenvalue weighted by Crippen LogP contribution is 2.49. The maximum Gasteiger partial charge on any atom is 0.0546 e. The Morgan fingerprint density at radius 3 is 2.24 bits per heavy atom. The lowest BCUT2D eigenvalue weighted by Crippen LogP contribution is -2.21. The van der Waals surface area contributed by atoms with E-state index in [1.54, 1.807) is 0 Å². The van der Waals surface area contributed by atoms with Crippen LogP contribution in [0, 0.1) is 5.92 Å². The maximum atomic E-state index is 9.53. The van der Waals surface area contributed by atoms with E-state index in [0.29, 0.717) is 11.8 Å². The van der Waals surface area contributed by atoms with Gasteiger partial charge in [0, 0.05) is 18.8 Å². The minimum Gasteiger partial charge on any atom is -0.393 e. The summed E-state index contributed by atoms with van der Waals surface area (Å²) in [4.78, 5) is 2.35. The first-order valence-corrected chi connectivity index (χ1v) is 6.70. The molecule has 0 aliphatic heterocycles. The Bertz CT molecular complexity index is 354. The van der Waals surface area contributed by atoms with Gasteiger partial charge >= 0.3 is 0 Å². The standard InChI is InChI=1S/C15H23NO/c1-4-16(5-2)13-8-6-12(7-9-13)15-10-14(15)11(3)17/h6-9,11,14-15,17H,4-5,10H2,1-3H3/t11-,14-,15-/m0/s1. The quantitative estimate of drug-likeness (QED) is 0.845. The first-order valence-electron chi connectivity index (χ1n) is 6.70. The maximum absolute atomic E-state index is 9.53. The van der Waals surface area contributed by atoms with Crippen molar-refractivity contribution in [2.45, 2.75) is 39.2 Å². The molecule has 0 unspecified atom stereocenters. The summed E-state index contributed by atoms with van der Waals surface area (Å²) in [6, 6.07) is 8.86. The second-order valence-corrected chi connectivity index (χ2v) is 5.01. The Balaban J connectivity index is 2.04. The van der Waals surface area contributed by atoms with Gasteiger partial charge in [0.15, 0.2) is 0 Å². The average molecular weight is 233 g/mol. The van der Waals surface area contributed by atoms with E-state index in [1.807, 2.05) is 6.92 Å². The monoisotopic (exact) mass is 233 g/mol. The van der Waals surface area contributed by atoms with Crippen molar-refractivity contribution < 1.29 is 5.11 Å². The first-order chi connectivity index (χ1) is 8.17. The number of aliphatic hydroxyl groups excluding tert-OH is 1. The molecule has 2 rings (SSSR count). The van der Waals surface area contributed by atoms with E-state index in [0.717, 1.165) is 19.5 Å². The second-order valence-electron chi connectivity index (χ2n) is 5.01. The molecule has 0 aromatic heterocycles. The average Bonchev–Trinajstić information content (AvgIpc) is 3.12. The molecule has 0 bridgehead atoms. The molecule has 94 valence electrons. The van der Waals surface area contributed by atoms with Crippen molar-refractivity contribution in [2.75, 3.05) is 18.0 Å². The van der Waals surface area contributed by atoms with E-state index in [4.69, 9.17) is 0 Å². The predicted molar refractivity (Wildman–Crippen MR) is 72.5 cm³/mol. The number of aliphatic hydroxyl groups is 1. The van der Waals surface area contributed by atoms with Gasteiger partial charge in [-0.3, -0.25) is 0 Å². The summed E-state index contributed by atoms with van der Waals surface area (Å²) in [5, 5.41) is 9.53. The summed E-state index contributed by atoms with van der Waals surface area (Å²) in [5.41, 5.74) is 2.68. The van der Waals surface area contributed by atoms with Crippen LogP contribution in [0.1, 0.15) is 38.7 Å². The number of hydrogen-bond donors (Lipinski definition) is 1. The molecular formula is C15H23NO. The van der Waals surface area contributed by atoms with Crippen LogP contribution >= 0.6 is 0 Å². The van der Waals surface area contributed by atoms with E-state index in [2.05, 4.69) is 43.0 Å². The second kappa shape index (κ2) is 5.09. The molecule has 1 aromatic carbocycles. The zero-order valence-corrected chi connectivity index (χ0v) is 11.1. The van der Waals surface area contributed by atoms with Crippen molar-refractivity contribution in [3.05, 3.63) is 29.8 Å². The number of nitrogens with zero attached hydrogens (tertiary/aromatic N) is 1. The van der Waals surface area contributed by atoms with Gasteiger partial charge in [-0.2, -0.15) is 0 Å². The van der Waals surface area contributed by atoms with Gasteiger partial charge in [0.25, 0.3) is 0 Å². The summed E-state index contributed by atoms with van der Waals surface area (Å²) in [7, 11) is 0. The normalized spacial score (nSPS) is 24.5. The minimum atomic E-state index is -0.164. The molecule has 2 heteroatoms. The topological polar surface area (TPSA) is 23.5 Å². The van der Waals surface area contributed by atoms with Gasteiger partial charge in [0.05, 0.1) is 6.10 Å². The van der Waals surface area contributed by atoms with Crippen molar-refractivity contribution >= 4 is 5.69 Å². The highest BCUT2D eigenvalue weighted by atomic mass is 16.3. The predicted octanol–water partition coefficient (Wildman–Crippen LogP) is 3.02. The van der Waals surface area contributed by atoms with Crippen molar-refractivity contribution in [3.63, 3.8) is 0 Å². The third-order valence-electron chi connectivity index (χ3n) is 3.91. The van der Waals surface area contributed by atoms with E-state index in [1.165, 1.54) is 11.3 Å². The lowest BCUT2D eigenvalue weighted by molar-refractivity contribution is 0.169. The lowest BCUT2D eigenvalue weighted by atomic mass is 10.1. The highest BCUT2D eigenvalue weighted by molar-refractivity contribution is 5.48. The van der Waals surface area contributed by atoms with Gasteiger partial charge in [-0.15, -0.1) is 0 Å². The number of benzene rings is 1. The summed E-state index contributed by atoms with van der Waals surface area (Å²) >= 11 is 0. The lowest BCUT2D eigenvalue weighted by Gasteiger charge is -2.21. The fourth-order valence-corrected chi connectivity index (χ4v) is 2.65. The summed E-state index contributed by atoms with van der Waals surface area (Å²) in [5.74, 6) is 1.06. The smallest absolute Gasteiger partial charge is 0.0546 e. The van der Waals surface area contributed by atoms with Crippen LogP contribution in [0.5, 0.6) is 0 Å². The van der Waals surface area contributed by atoms with Gasteiger partial charge < -0.3 is 10.0 Å². The number of hydrogen-bond acceptors (Lipinski definition) is 2. The molecule has 1 aromatic rings. The third-order valence-corrected chi connectivity index (χ3v) is 3.91. The molecule has 1 aliphatic rings. The van der Waals surface area contributed by atoms with Crippen LogP contribution < -0.4 is 4.90 Å². The molecular weight excluding hydrogens is 210 g/mol. The summed E-state index contributed by atoms with van der Waals surface area (Å²) < 4.78 is 0. The minimum absolute atomic E-state index is 0.164. The Morgan fingerprint density at radius 1 is 1.24 bits per heavy atom. The van der Waals surface area contributed by atoms with Gasteiger partial charge in [0.1, 0.15) is 0 Å². The van der Waals surface area contributed by atoms with Gasteiger partial charge in [-0.25, -0.2) is 0 Å². The van der Waals surface area contributed by atoms with E-state index in [-0.39, 0.29) is 6.10 Å². The molecule has 0 saturated heterocycles. The molecule has 3 atom stereocenters. The zero-order chi connectivity index (χ0) is 12.4. The Hall–Kier alpha value is -1.02. The molecule has 1 fully saturated rings. The van der Waals surface area contributed by atoms with E-state index >= 15 is 0 Å². The molecule has 1 saturated carbocycles. The SMILES string of the molecule is CCN(CC)c1ccc([C@@H]2C[C@H]2[C@H](C)O)cc1. The number of anilines is 1. The molecule has 0 spiro atoms. The van der Waals surface area contributed by atoms with Crippen LogP contribution in [0.25, 0.3) is 0 Å². The first kappa shape index (κ1) is 12.4. The zero-order valence-electron chi connectivity index (χ0n) is 11.1. The molecule has 1 aliphatic carbocycles. The van der Waals surface area contributed by atoms with Crippen LogP contribution in [-0.4, -0.2) is 24.3 Å². The van der Waals surface area contributed by atoms with Gasteiger partial charge in [0.2, 0.25) is 0 Å². The fraction of sp³-hybridized carbons (Fsp3) is 0.600. The van der Waals surface area contributed by atoms with Gasteiger partial charge in [-0.05, 0) is 56.7 Å². The third kappa shape index (κ3) is 2.63. The highest BCUT2D eigenvalue weighted by Gasteiger charge is 2.41. The summed E-state index contributed by atoms with van der Waals surface area (Å²) in [6.07, 6.45) is 0.977. The van der Waals surface area contributed by atoms with Crippen LogP contribution in [0.3, 0.4) is 0 Å². The van der Waals surface area contributed by atoms with Crippen LogP contribution in [0.4, 0.5) is 5.69 Å². The Morgan fingerprint density at radius 2 is 1.82 bits per heavy atom. The molecule has 0 amide bonds. The van der Waals surface area contributed by atoms with Crippen molar-refractivity contribution in [1.29, 1.82) is 0 Å². The van der Waals surface area contributed by atoms with E-state index in [9.17, 15) is 5.11 Å². The Labute approximate surface area is 104 Å². The largest absolute Gasteiger partial charge is 0.393 e. The molecule has 0 radical (unpaired) electrons. The molecule has 17 heavy (non-hydrogen) atoms. The van der Waals surface area contributed by atoms with Crippen LogP contribution in [-0.2, 0) is 0 Å². The summed E-state index contributed by atoms with van der Waals surface area (Å²) in [6.45, 7) is 8.36. The van der Waals surface area contributed by atoms with Crippen molar-refractivity contribution in [3.8, 4) is 0 Å². The molecule has 1 N–H and O–H groups in total. The van der Waals surface area contributed by atoms with Gasteiger partial charge in [-0.1, -0.05) is 12.1 Å². The van der Waals surface area contributed by atoms with Crippen LogP contribution in [0.2, 0.25) is 0 Å². The fourth-order valence-electron chi connectivity index (χ4n) is 2.65. The number of rotatable bonds is 5. The molecule has 2 nitrogen and oxygen atoms in total.